The Morgan fingerprint density at radius 2 is 1.88 bits per heavy atom. The number of carbonyl (C=O) groups excluding carboxylic acids is 1. The van der Waals surface area contributed by atoms with E-state index in [0.717, 1.165) is 55.6 Å². The van der Waals surface area contributed by atoms with Gasteiger partial charge in [-0.25, -0.2) is 0 Å². The summed E-state index contributed by atoms with van der Waals surface area (Å²) in [6.07, 6.45) is 3.23. The molecule has 8 heteroatoms. The summed E-state index contributed by atoms with van der Waals surface area (Å²) in [7, 11) is 0. The van der Waals surface area contributed by atoms with Crippen LogP contribution in [0.15, 0.2) is 47.6 Å². The predicted octanol–water partition coefficient (Wildman–Crippen LogP) is 3.84. The monoisotopic (exact) mass is 476 g/mol. The maximum Gasteiger partial charge on any atom is 0.228 e. The Morgan fingerprint density at radius 3 is 2.74 bits per heavy atom. The molecule has 0 radical (unpaired) electrons. The van der Waals surface area contributed by atoms with E-state index in [2.05, 4.69) is 56.1 Å². The molecule has 0 spiro atoms. The van der Waals surface area contributed by atoms with Gasteiger partial charge in [0.15, 0.2) is 10.9 Å². The van der Waals surface area contributed by atoms with Crippen LogP contribution in [0.25, 0.3) is 11.1 Å². The van der Waals surface area contributed by atoms with Crippen LogP contribution in [0.2, 0.25) is 0 Å². The third-order valence-electron chi connectivity index (χ3n) is 6.85. The normalized spacial score (nSPS) is 19.3. The summed E-state index contributed by atoms with van der Waals surface area (Å²) in [5.41, 5.74) is 5.79. The van der Waals surface area contributed by atoms with Crippen molar-refractivity contribution in [3.05, 3.63) is 59.2 Å². The van der Waals surface area contributed by atoms with Crippen molar-refractivity contribution in [1.29, 1.82) is 0 Å². The molecule has 3 heterocycles. The second-order valence-corrected chi connectivity index (χ2v) is 9.99. The van der Waals surface area contributed by atoms with Gasteiger partial charge in [-0.05, 0) is 47.6 Å². The van der Waals surface area contributed by atoms with E-state index in [1.165, 1.54) is 34.0 Å². The van der Waals surface area contributed by atoms with Gasteiger partial charge in [-0.15, -0.1) is 10.2 Å². The molecule has 3 aliphatic rings. The standard InChI is InChI=1S/C26H28N4O3S/c31-24(20-8-7-19-14-18-4-1-2-6-22(18)23(19)15-20)17-34-26-28-27-25(29-9-12-32-13-10-29)30(26)16-21-5-3-11-33-21/h1-2,4,6-8,15,21H,3,5,9-14,16-17H2. The van der Waals surface area contributed by atoms with Crippen molar-refractivity contribution >= 4 is 23.5 Å². The topological polar surface area (TPSA) is 69.5 Å². The number of rotatable bonds is 7. The lowest BCUT2D eigenvalue weighted by atomic mass is 10.0. The maximum absolute atomic E-state index is 13.2. The number of hydrogen-bond donors (Lipinski definition) is 0. The fourth-order valence-corrected chi connectivity index (χ4v) is 5.88. The van der Waals surface area contributed by atoms with E-state index in [1.807, 2.05) is 6.07 Å². The van der Waals surface area contributed by atoms with Crippen molar-refractivity contribution in [3.8, 4) is 11.1 Å². The third kappa shape index (κ3) is 4.26. The molecule has 0 saturated carbocycles. The van der Waals surface area contributed by atoms with Gasteiger partial charge in [0.05, 0.1) is 31.6 Å². The second kappa shape index (κ2) is 9.52. The minimum absolute atomic E-state index is 0.108. The van der Waals surface area contributed by atoms with E-state index < -0.39 is 0 Å². The highest BCUT2D eigenvalue weighted by Crippen LogP contribution is 2.37. The molecule has 34 heavy (non-hydrogen) atoms. The molecule has 0 bridgehead atoms. The molecule has 0 N–H and O–H groups in total. The second-order valence-electron chi connectivity index (χ2n) is 9.05. The zero-order valence-electron chi connectivity index (χ0n) is 19.1. The molecular formula is C26H28N4O3S. The van der Waals surface area contributed by atoms with Crippen molar-refractivity contribution < 1.29 is 14.3 Å². The van der Waals surface area contributed by atoms with Crippen LogP contribution >= 0.6 is 11.8 Å². The zero-order chi connectivity index (χ0) is 22.9. The summed E-state index contributed by atoms with van der Waals surface area (Å²) >= 11 is 1.46. The highest BCUT2D eigenvalue weighted by molar-refractivity contribution is 7.99. The molecule has 1 aromatic heterocycles. The number of morpholine rings is 1. The third-order valence-corrected chi connectivity index (χ3v) is 7.82. The fourth-order valence-electron chi connectivity index (χ4n) is 5.05. The number of fused-ring (bicyclic) bond motifs is 3. The van der Waals surface area contributed by atoms with Gasteiger partial charge in [0.25, 0.3) is 0 Å². The van der Waals surface area contributed by atoms with Crippen molar-refractivity contribution in [3.63, 3.8) is 0 Å². The molecule has 176 valence electrons. The van der Waals surface area contributed by atoms with E-state index in [0.29, 0.717) is 25.5 Å². The van der Waals surface area contributed by atoms with Crippen LogP contribution in [-0.4, -0.2) is 65.3 Å². The summed E-state index contributed by atoms with van der Waals surface area (Å²) in [6.45, 7) is 4.49. The molecule has 1 atom stereocenters. The number of aromatic nitrogens is 3. The Hall–Kier alpha value is -2.68. The average Bonchev–Trinajstić information content (AvgIpc) is 3.62. The first-order valence-electron chi connectivity index (χ1n) is 12.0. The highest BCUT2D eigenvalue weighted by atomic mass is 32.2. The Balaban J connectivity index is 1.20. The molecule has 2 aliphatic heterocycles. The minimum Gasteiger partial charge on any atom is -0.378 e. The molecule has 6 rings (SSSR count). The van der Waals surface area contributed by atoms with Crippen LogP contribution in [-0.2, 0) is 22.4 Å². The number of ether oxygens (including phenoxy) is 2. The maximum atomic E-state index is 13.2. The predicted molar refractivity (Wildman–Crippen MR) is 132 cm³/mol. The van der Waals surface area contributed by atoms with Crippen LogP contribution in [0.4, 0.5) is 5.95 Å². The number of anilines is 1. The Labute approximate surface area is 203 Å². The molecule has 3 aromatic rings. The number of benzene rings is 2. The minimum atomic E-state index is 0.108. The lowest BCUT2D eigenvalue weighted by Crippen LogP contribution is -2.38. The summed E-state index contributed by atoms with van der Waals surface area (Å²) < 4.78 is 13.5. The van der Waals surface area contributed by atoms with E-state index in [-0.39, 0.29) is 11.9 Å². The first-order chi connectivity index (χ1) is 16.8. The van der Waals surface area contributed by atoms with Crippen LogP contribution in [0, 0.1) is 0 Å². The van der Waals surface area contributed by atoms with Gasteiger partial charge in [-0.3, -0.25) is 9.36 Å². The van der Waals surface area contributed by atoms with Crippen molar-refractivity contribution in [2.45, 2.75) is 37.1 Å². The van der Waals surface area contributed by atoms with E-state index in [9.17, 15) is 4.79 Å². The van der Waals surface area contributed by atoms with E-state index in [1.54, 1.807) is 0 Å². The smallest absolute Gasteiger partial charge is 0.228 e. The van der Waals surface area contributed by atoms with Crippen LogP contribution in [0.5, 0.6) is 0 Å². The lowest BCUT2D eigenvalue weighted by molar-refractivity contribution is 0.0942. The number of Topliss-reactive ketones (excluding diaryl/α,β-unsaturated/α-hetero) is 1. The molecule has 2 aromatic carbocycles. The van der Waals surface area contributed by atoms with Crippen molar-refractivity contribution in [1.82, 2.24) is 14.8 Å². The summed E-state index contributed by atoms with van der Waals surface area (Å²) in [5.74, 6) is 1.28. The van der Waals surface area contributed by atoms with Gasteiger partial charge in [-0.1, -0.05) is 48.2 Å². The number of thioether (sulfide) groups is 1. The first kappa shape index (κ1) is 21.8. The van der Waals surface area contributed by atoms with Crippen molar-refractivity contribution in [2.75, 3.05) is 43.6 Å². The van der Waals surface area contributed by atoms with E-state index >= 15 is 0 Å². The van der Waals surface area contributed by atoms with Gasteiger partial charge < -0.3 is 14.4 Å². The molecule has 1 aliphatic carbocycles. The SMILES string of the molecule is O=C(CSc1nnc(N2CCOCC2)n1CC1CCCO1)c1ccc2c(c1)-c1ccccc1C2. The number of hydrogen-bond acceptors (Lipinski definition) is 7. The van der Waals surface area contributed by atoms with Crippen LogP contribution in [0.1, 0.15) is 34.3 Å². The van der Waals surface area contributed by atoms with E-state index in [4.69, 9.17) is 9.47 Å². The summed E-state index contributed by atoms with van der Waals surface area (Å²) in [5, 5.41) is 9.75. The van der Waals surface area contributed by atoms with Gasteiger partial charge in [-0.2, -0.15) is 0 Å². The van der Waals surface area contributed by atoms with Gasteiger partial charge >= 0.3 is 0 Å². The zero-order valence-corrected chi connectivity index (χ0v) is 19.9. The van der Waals surface area contributed by atoms with Gasteiger partial charge in [0, 0.05) is 25.3 Å². The fraction of sp³-hybridized carbons (Fsp3) is 0.423. The molecule has 2 saturated heterocycles. The van der Waals surface area contributed by atoms with Crippen LogP contribution in [0.3, 0.4) is 0 Å². The van der Waals surface area contributed by atoms with Crippen LogP contribution < -0.4 is 4.90 Å². The molecule has 7 nitrogen and oxygen atoms in total. The molecular weight excluding hydrogens is 448 g/mol. The summed E-state index contributed by atoms with van der Waals surface area (Å²) in [6, 6.07) is 14.6. The largest absolute Gasteiger partial charge is 0.378 e. The van der Waals surface area contributed by atoms with Gasteiger partial charge in [0.1, 0.15) is 0 Å². The average molecular weight is 477 g/mol. The van der Waals surface area contributed by atoms with Crippen molar-refractivity contribution in [2.24, 2.45) is 0 Å². The number of carbonyl (C=O) groups is 1. The lowest BCUT2D eigenvalue weighted by Gasteiger charge is -2.28. The van der Waals surface area contributed by atoms with Gasteiger partial charge in [0.2, 0.25) is 5.95 Å². The first-order valence-corrected chi connectivity index (χ1v) is 13.0. The Bertz CT molecular complexity index is 1200. The quantitative estimate of drug-likeness (QED) is 0.297. The number of nitrogens with zero attached hydrogens (tertiary/aromatic N) is 4. The number of ketones is 1. The highest BCUT2D eigenvalue weighted by Gasteiger charge is 2.26. The Morgan fingerprint density at radius 1 is 1.03 bits per heavy atom. The molecule has 0 amide bonds. The summed E-state index contributed by atoms with van der Waals surface area (Å²) in [4.78, 5) is 15.4. The Kier molecular flexibility index (Phi) is 6.11. The molecule has 1 unspecified atom stereocenters. The molecule has 2 fully saturated rings.